The Kier molecular flexibility index (Phi) is 4.32. The zero-order chi connectivity index (χ0) is 17.1. The smallest absolute Gasteiger partial charge is 0.143 e. The highest BCUT2D eigenvalue weighted by Crippen LogP contribution is 2.26. The van der Waals surface area contributed by atoms with E-state index < -0.39 is 6.10 Å². The zero-order valence-electron chi connectivity index (χ0n) is 13.9. The standard InChI is InChI=1S/C22H20N2O/c25-21(18-11-5-2-6-12-18)22-23-19-13-7-8-14-20(19)24(22)16-15-17-9-3-1-4-10-17/h1-14,21,25H,15-16H2/t21-/m1/s1. The van der Waals surface area contributed by atoms with Crippen LogP contribution in [0, 0.1) is 0 Å². The summed E-state index contributed by atoms with van der Waals surface area (Å²) in [5, 5.41) is 10.9. The van der Waals surface area contributed by atoms with Gasteiger partial charge in [-0.2, -0.15) is 0 Å². The SMILES string of the molecule is O[C@H](c1ccccc1)c1nc2ccccc2n1CCc1ccccc1. The number of para-hydroxylation sites is 2. The number of aromatic nitrogens is 2. The average molecular weight is 328 g/mol. The van der Waals surface area contributed by atoms with Crippen LogP contribution in [-0.2, 0) is 13.0 Å². The van der Waals surface area contributed by atoms with Gasteiger partial charge in [-0.1, -0.05) is 72.8 Å². The topological polar surface area (TPSA) is 38.1 Å². The van der Waals surface area contributed by atoms with E-state index in [1.54, 1.807) is 0 Å². The minimum atomic E-state index is -0.732. The number of benzene rings is 3. The molecular formula is C22H20N2O. The second-order valence-corrected chi connectivity index (χ2v) is 6.16. The molecule has 1 aromatic heterocycles. The Morgan fingerprint density at radius 1 is 0.800 bits per heavy atom. The minimum absolute atomic E-state index is 0.698. The van der Waals surface area contributed by atoms with E-state index in [0.717, 1.165) is 29.6 Å². The number of imidazole rings is 1. The van der Waals surface area contributed by atoms with Crippen molar-refractivity contribution < 1.29 is 5.11 Å². The molecule has 0 aliphatic carbocycles. The van der Waals surface area contributed by atoms with Crippen molar-refractivity contribution in [2.45, 2.75) is 19.1 Å². The first-order valence-electron chi connectivity index (χ1n) is 8.55. The number of hydrogen-bond donors (Lipinski definition) is 1. The van der Waals surface area contributed by atoms with Crippen LogP contribution in [0.1, 0.15) is 23.1 Å². The molecule has 4 aromatic rings. The van der Waals surface area contributed by atoms with Gasteiger partial charge >= 0.3 is 0 Å². The first kappa shape index (κ1) is 15.6. The van der Waals surface area contributed by atoms with E-state index in [2.05, 4.69) is 34.9 Å². The molecule has 1 heterocycles. The molecule has 124 valence electrons. The Balaban J connectivity index is 1.73. The molecule has 3 nitrogen and oxygen atoms in total. The number of aryl methyl sites for hydroxylation is 2. The fraction of sp³-hybridized carbons (Fsp3) is 0.136. The van der Waals surface area contributed by atoms with E-state index in [0.29, 0.717) is 5.82 Å². The van der Waals surface area contributed by atoms with Crippen molar-refractivity contribution in [3.63, 3.8) is 0 Å². The lowest BCUT2D eigenvalue weighted by Gasteiger charge is -2.14. The second kappa shape index (κ2) is 6.91. The van der Waals surface area contributed by atoms with Gasteiger partial charge in [-0.05, 0) is 29.7 Å². The highest BCUT2D eigenvalue weighted by atomic mass is 16.3. The molecule has 0 amide bonds. The van der Waals surface area contributed by atoms with Crippen molar-refractivity contribution in [3.8, 4) is 0 Å². The summed E-state index contributed by atoms with van der Waals surface area (Å²) < 4.78 is 2.14. The van der Waals surface area contributed by atoms with E-state index in [4.69, 9.17) is 4.98 Å². The van der Waals surface area contributed by atoms with Crippen molar-refractivity contribution in [1.82, 2.24) is 9.55 Å². The molecule has 0 radical (unpaired) electrons. The van der Waals surface area contributed by atoms with Crippen molar-refractivity contribution in [2.24, 2.45) is 0 Å². The quantitative estimate of drug-likeness (QED) is 0.591. The number of aliphatic hydroxyl groups excluding tert-OH is 1. The lowest BCUT2D eigenvalue weighted by atomic mass is 10.1. The Morgan fingerprint density at radius 2 is 1.44 bits per heavy atom. The number of fused-ring (bicyclic) bond motifs is 1. The summed E-state index contributed by atoms with van der Waals surface area (Å²) >= 11 is 0. The van der Waals surface area contributed by atoms with Gasteiger partial charge in [0.15, 0.2) is 0 Å². The largest absolute Gasteiger partial charge is 0.380 e. The molecular weight excluding hydrogens is 308 g/mol. The van der Waals surface area contributed by atoms with Gasteiger partial charge in [0.2, 0.25) is 0 Å². The molecule has 4 rings (SSSR count). The summed E-state index contributed by atoms with van der Waals surface area (Å²) in [7, 11) is 0. The van der Waals surface area contributed by atoms with Crippen LogP contribution in [-0.4, -0.2) is 14.7 Å². The summed E-state index contributed by atoms with van der Waals surface area (Å²) in [6.07, 6.45) is 0.166. The van der Waals surface area contributed by atoms with Crippen LogP contribution in [0.5, 0.6) is 0 Å². The summed E-state index contributed by atoms with van der Waals surface area (Å²) in [6, 6.07) is 28.2. The predicted molar refractivity (Wildman–Crippen MR) is 100 cm³/mol. The molecule has 3 heteroatoms. The maximum atomic E-state index is 10.9. The molecule has 0 fully saturated rings. The normalized spacial score (nSPS) is 12.4. The average Bonchev–Trinajstić information content (AvgIpc) is 3.06. The molecule has 0 saturated heterocycles. The van der Waals surface area contributed by atoms with Gasteiger partial charge in [-0.15, -0.1) is 0 Å². The number of nitrogens with zero attached hydrogens (tertiary/aromatic N) is 2. The number of aliphatic hydroxyl groups is 1. The monoisotopic (exact) mass is 328 g/mol. The maximum absolute atomic E-state index is 10.9. The predicted octanol–water partition coefficient (Wildman–Crippen LogP) is 4.36. The van der Waals surface area contributed by atoms with Crippen molar-refractivity contribution in [1.29, 1.82) is 0 Å². The van der Waals surface area contributed by atoms with Crippen LogP contribution >= 0.6 is 0 Å². The molecule has 0 saturated carbocycles. The summed E-state index contributed by atoms with van der Waals surface area (Å²) in [6.45, 7) is 0.782. The van der Waals surface area contributed by atoms with Gasteiger partial charge in [-0.25, -0.2) is 4.98 Å². The summed E-state index contributed by atoms with van der Waals surface area (Å²) in [4.78, 5) is 4.71. The molecule has 25 heavy (non-hydrogen) atoms. The Morgan fingerprint density at radius 3 is 2.20 bits per heavy atom. The van der Waals surface area contributed by atoms with Crippen LogP contribution in [0.2, 0.25) is 0 Å². The van der Waals surface area contributed by atoms with Crippen LogP contribution in [0.3, 0.4) is 0 Å². The Labute approximate surface area is 147 Å². The highest BCUT2D eigenvalue weighted by Gasteiger charge is 2.19. The molecule has 0 bridgehead atoms. The van der Waals surface area contributed by atoms with Gasteiger partial charge in [0.05, 0.1) is 11.0 Å². The molecule has 3 aromatic carbocycles. The lowest BCUT2D eigenvalue weighted by Crippen LogP contribution is -2.11. The Bertz CT molecular complexity index is 961. The first-order valence-corrected chi connectivity index (χ1v) is 8.55. The molecule has 1 atom stereocenters. The fourth-order valence-corrected chi connectivity index (χ4v) is 3.21. The van der Waals surface area contributed by atoms with Gasteiger partial charge in [0, 0.05) is 6.54 Å². The van der Waals surface area contributed by atoms with Crippen LogP contribution in [0.15, 0.2) is 84.9 Å². The van der Waals surface area contributed by atoms with Gasteiger partial charge < -0.3 is 9.67 Å². The molecule has 0 unspecified atom stereocenters. The van der Waals surface area contributed by atoms with Gasteiger partial charge in [0.25, 0.3) is 0 Å². The third-order valence-corrected chi connectivity index (χ3v) is 4.51. The highest BCUT2D eigenvalue weighted by molar-refractivity contribution is 5.76. The third kappa shape index (κ3) is 3.19. The van der Waals surface area contributed by atoms with E-state index in [1.807, 2.05) is 54.6 Å². The maximum Gasteiger partial charge on any atom is 0.143 e. The van der Waals surface area contributed by atoms with E-state index in [9.17, 15) is 5.11 Å². The van der Waals surface area contributed by atoms with Crippen LogP contribution in [0.25, 0.3) is 11.0 Å². The lowest BCUT2D eigenvalue weighted by molar-refractivity contribution is 0.205. The van der Waals surface area contributed by atoms with Crippen LogP contribution in [0.4, 0.5) is 0 Å². The summed E-state index contributed by atoms with van der Waals surface area (Å²) in [5.41, 5.74) is 4.11. The van der Waals surface area contributed by atoms with Crippen LogP contribution < -0.4 is 0 Å². The minimum Gasteiger partial charge on any atom is -0.380 e. The van der Waals surface area contributed by atoms with Gasteiger partial charge in [0.1, 0.15) is 11.9 Å². The number of rotatable bonds is 5. The molecule has 1 N–H and O–H groups in total. The van der Waals surface area contributed by atoms with Gasteiger partial charge in [-0.3, -0.25) is 0 Å². The van der Waals surface area contributed by atoms with Crippen molar-refractivity contribution >= 4 is 11.0 Å². The number of hydrogen-bond acceptors (Lipinski definition) is 2. The van der Waals surface area contributed by atoms with Crippen molar-refractivity contribution in [3.05, 3.63) is 102 Å². The second-order valence-electron chi connectivity index (χ2n) is 6.16. The summed E-state index contributed by atoms with van der Waals surface area (Å²) in [5.74, 6) is 0.698. The molecule has 0 spiro atoms. The van der Waals surface area contributed by atoms with E-state index in [-0.39, 0.29) is 0 Å². The molecule has 0 aliphatic heterocycles. The van der Waals surface area contributed by atoms with E-state index >= 15 is 0 Å². The third-order valence-electron chi connectivity index (χ3n) is 4.51. The fourth-order valence-electron chi connectivity index (χ4n) is 3.21. The Hall–Kier alpha value is -2.91. The zero-order valence-corrected chi connectivity index (χ0v) is 13.9. The molecule has 0 aliphatic rings. The first-order chi connectivity index (χ1) is 12.3. The van der Waals surface area contributed by atoms with E-state index in [1.165, 1.54) is 5.56 Å². The van der Waals surface area contributed by atoms with Crippen molar-refractivity contribution in [2.75, 3.05) is 0 Å².